The number of carbonyl (C=O) groups excluding carboxylic acids is 2. The topological polar surface area (TPSA) is 206 Å². The standard InChI is InChI=1S/C31H37N7O2.C28H33N7O3.C3H3ClO/c1-6-30(39)33-25-17-26(29(40-5)18-28(25)36(3)15-16-38-14-12-21(2)19-38)35-31-32-13-11-24(34-31)23-20-37(4)27-10-8-7-9-22(23)27;1-19-10-12-34(17-19)14-13-32(2)25-16-27(38-4)23(15-26(25)35(36)37)31-28-29-11-9-22(30-28)21-18-33(3)24-8-6-5-7-20(21)24;1-2-3(4)5/h6-11,13,17-18,20-21H,1,12,14-16,19H2,2-5H3,(H,33,39)(H,32,34,35);5-9,11,15-16,18-19H,10,12-14,17H2,1-4H3,(H,29,30,31);2H,1H2. The first-order valence-electron chi connectivity index (χ1n) is 27.5. The number of carbonyl (C=O) groups is 2. The number of nitrogens with one attached hydrogen (secondary N) is 3. The lowest BCUT2D eigenvalue weighted by Crippen LogP contribution is -2.32. The van der Waals surface area contributed by atoms with Crippen LogP contribution in [-0.4, -0.2) is 136 Å². The van der Waals surface area contributed by atoms with Crippen LogP contribution >= 0.6 is 11.6 Å². The third-order valence-corrected chi connectivity index (χ3v) is 15.1. The maximum Gasteiger partial charge on any atom is 0.294 e. The molecule has 21 heteroatoms. The molecule has 3 N–H and O–H groups in total. The van der Waals surface area contributed by atoms with Crippen molar-refractivity contribution in [1.82, 2.24) is 38.9 Å². The fraction of sp³-hybridized carbons (Fsp3) is 0.323. The molecule has 2 aliphatic rings. The van der Waals surface area contributed by atoms with E-state index in [0.29, 0.717) is 58.6 Å². The number of halogens is 1. The largest absolute Gasteiger partial charge is 0.494 e. The van der Waals surface area contributed by atoms with Crippen molar-refractivity contribution in [3.05, 3.63) is 145 Å². The number of aromatic nitrogens is 6. The van der Waals surface area contributed by atoms with Gasteiger partial charge in [0.15, 0.2) is 0 Å². The number of aryl methyl sites for hydroxylation is 2. The first-order valence-corrected chi connectivity index (χ1v) is 27.8. The van der Waals surface area contributed by atoms with Crippen molar-refractivity contribution >= 4 is 90.6 Å². The van der Waals surface area contributed by atoms with Crippen LogP contribution in [0.15, 0.2) is 135 Å². The van der Waals surface area contributed by atoms with Crippen molar-refractivity contribution in [3.8, 4) is 34.0 Å². The number of para-hydroxylation sites is 2. The monoisotopic (exact) mass is 1140 g/mol. The molecule has 6 heterocycles. The number of amides is 1. The van der Waals surface area contributed by atoms with Crippen molar-refractivity contribution in [1.29, 1.82) is 0 Å². The summed E-state index contributed by atoms with van der Waals surface area (Å²) in [6.07, 6.45) is 12.3. The van der Waals surface area contributed by atoms with Crippen LogP contribution in [0.25, 0.3) is 44.3 Å². The Bertz CT molecular complexity index is 3620. The number of methoxy groups -OCH3 is 2. The zero-order valence-corrected chi connectivity index (χ0v) is 49.2. The number of nitrogens with zero attached hydrogens (tertiary/aromatic N) is 11. The van der Waals surface area contributed by atoms with Gasteiger partial charge in [0.25, 0.3) is 5.69 Å². The second-order valence-electron chi connectivity index (χ2n) is 20.9. The van der Waals surface area contributed by atoms with Gasteiger partial charge in [0.1, 0.15) is 17.2 Å². The molecule has 0 radical (unpaired) electrons. The molecule has 0 saturated carbocycles. The number of hydrogen-bond donors (Lipinski definition) is 3. The molecule has 1 amide bonds. The van der Waals surface area contributed by atoms with Crippen LogP contribution in [0.1, 0.15) is 26.7 Å². The Hall–Kier alpha value is -8.85. The number of rotatable bonds is 20. The van der Waals surface area contributed by atoms with E-state index in [1.807, 2.05) is 87.8 Å². The number of benzene rings is 4. The zero-order valence-electron chi connectivity index (χ0n) is 48.4. The van der Waals surface area contributed by atoms with Gasteiger partial charge in [-0.3, -0.25) is 19.7 Å². The molecular formula is C62H73ClN14O6. The summed E-state index contributed by atoms with van der Waals surface area (Å²) in [7, 11) is 11.1. The van der Waals surface area contributed by atoms with Gasteiger partial charge in [-0.2, -0.15) is 0 Å². The van der Waals surface area contributed by atoms with E-state index >= 15 is 0 Å². The average Bonchev–Trinajstić information content (AvgIpc) is 4.39. The summed E-state index contributed by atoms with van der Waals surface area (Å²) in [5.74, 6) is 2.99. The highest BCUT2D eigenvalue weighted by molar-refractivity contribution is 6.66. The molecular weight excluding hydrogens is 1070 g/mol. The Morgan fingerprint density at radius 3 is 1.60 bits per heavy atom. The van der Waals surface area contributed by atoms with E-state index in [9.17, 15) is 19.7 Å². The van der Waals surface area contributed by atoms with Gasteiger partial charge in [-0.05, 0) is 91.9 Å². The molecule has 4 aromatic heterocycles. The van der Waals surface area contributed by atoms with E-state index in [2.05, 4.69) is 107 Å². The second-order valence-corrected chi connectivity index (χ2v) is 21.3. The van der Waals surface area contributed by atoms with Gasteiger partial charge in [0.2, 0.25) is 23.0 Å². The summed E-state index contributed by atoms with van der Waals surface area (Å²) >= 11 is 4.71. The lowest BCUT2D eigenvalue weighted by atomic mass is 10.1. The van der Waals surface area contributed by atoms with Crippen LogP contribution in [0, 0.1) is 22.0 Å². The highest BCUT2D eigenvalue weighted by Gasteiger charge is 2.26. The number of allylic oxidation sites excluding steroid dienone is 1. The lowest BCUT2D eigenvalue weighted by molar-refractivity contribution is -0.384. The maximum atomic E-state index is 12.4. The molecule has 20 nitrogen and oxygen atoms in total. The van der Waals surface area contributed by atoms with Gasteiger partial charge >= 0.3 is 0 Å². The van der Waals surface area contributed by atoms with E-state index in [0.717, 1.165) is 108 Å². The number of ether oxygens (including phenoxy) is 2. The number of nitro groups is 1. The Morgan fingerprint density at radius 2 is 1.17 bits per heavy atom. The molecule has 2 fully saturated rings. The van der Waals surface area contributed by atoms with Gasteiger partial charge in [-0.25, -0.2) is 19.9 Å². The number of likely N-dealkylation sites (N-methyl/N-ethyl adjacent to an activating group) is 2. The third kappa shape index (κ3) is 15.0. The van der Waals surface area contributed by atoms with E-state index in [4.69, 9.17) is 31.0 Å². The predicted molar refractivity (Wildman–Crippen MR) is 334 cm³/mol. The maximum absolute atomic E-state index is 12.4. The second kappa shape index (κ2) is 27.7. The van der Waals surface area contributed by atoms with E-state index in [1.165, 1.54) is 25.0 Å². The van der Waals surface area contributed by atoms with Gasteiger partial charge < -0.3 is 54.2 Å². The summed E-state index contributed by atoms with van der Waals surface area (Å²) in [6.45, 7) is 18.9. The van der Waals surface area contributed by atoms with Crippen molar-refractivity contribution < 1.29 is 24.0 Å². The van der Waals surface area contributed by atoms with Crippen molar-refractivity contribution in [2.24, 2.45) is 25.9 Å². The summed E-state index contributed by atoms with van der Waals surface area (Å²) < 4.78 is 15.6. The van der Waals surface area contributed by atoms with Gasteiger partial charge in [-0.15, -0.1) is 0 Å². The molecule has 2 atom stereocenters. The molecule has 10 rings (SSSR count). The highest BCUT2D eigenvalue weighted by Crippen LogP contribution is 2.41. The SMILES string of the molecule is C=CC(=O)Cl.C=CC(=O)Nc1cc(Nc2nccc(-c3cn(C)c4ccccc34)n2)c(OC)cc1N(C)CCN1CCC(C)C1.COc1cc(N(C)CCN2CCC(C)C2)c([N+](=O)[O-])cc1Nc1nccc(-c2cn(C)c3ccccc23)n1. The molecule has 8 aromatic rings. The Kier molecular flexibility index (Phi) is 20.1. The molecule has 2 unspecified atom stereocenters. The van der Waals surface area contributed by atoms with E-state index in [1.54, 1.807) is 32.7 Å². The summed E-state index contributed by atoms with van der Waals surface area (Å²) in [4.78, 5) is 60.8. The third-order valence-electron chi connectivity index (χ3n) is 14.9. The predicted octanol–water partition coefficient (Wildman–Crippen LogP) is 11.3. The molecule has 0 bridgehead atoms. The number of nitro benzene ring substituents is 1. The highest BCUT2D eigenvalue weighted by atomic mass is 35.5. The number of fused-ring (bicyclic) bond motifs is 2. The first-order chi connectivity index (χ1) is 40.0. The summed E-state index contributed by atoms with van der Waals surface area (Å²) in [5.41, 5.74) is 8.89. The number of likely N-dealkylation sites (tertiary alicyclic amines) is 2. The number of anilines is 7. The summed E-state index contributed by atoms with van der Waals surface area (Å²) in [5, 5.41) is 23.2. The molecule has 2 saturated heterocycles. The average molecular weight is 1150 g/mol. The first kappa shape index (κ1) is 60.3. The molecule has 0 spiro atoms. The fourth-order valence-electron chi connectivity index (χ4n) is 10.5. The van der Waals surface area contributed by atoms with E-state index in [-0.39, 0.29) is 16.5 Å². The smallest absolute Gasteiger partial charge is 0.294 e. The zero-order chi connectivity index (χ0) is 59.3. The number of hydrogen-bond acceptors (Lipinski definition) is 16. The van der Waals surface area contributed by atoms with Crippen LogP contribution in [0.5, 0.6) is 11.5 Å². The van der Waals surface area contributed by atoms with Crippen molar-refractivity contribution in [2.75, 3.05) is 106 Å². The van der Waals surface area contributed by atoms with Crippen LogP contribution in [0.4, 0.5) is 46.0 Å². The van der Waals surface area contributed by atoms with Gasteiger partial charge in [0, 0.05) is 143 Å². The molecule has 4 aromatic carbocycles. The van der Waals surface area contributed by atoms with Gasteiger partial charge in [0.05, 0.1) is 53.3 Å². The minimum absolute atomic E-state index is 0.00389. The molecule has 2 aliphatic heterocycles. The minimum Gasteiger partial charge on any atom is -0.494 e. The quantitative estimate of drug-likeness (QED) is 0.0281. The Labute approximate surface area is 489 Å². The van der Waals surface area contributed by atoms with Crippen LogP contribution in [0.3, 0.4) is 0 Å². The normalized spacial score (nSPS) is 14.9. The van der Waals surface area contributed by atoms with Crippen LogP contribution < -0.4 is 35.2 Å². The fourth-order valence-corrected chi connectivity index (χ4v) is 10.5. The molecule has 0 aliphatic carbocycles. The Morgan fingerprint density at radius 1 is 0.711 bits per heavy atom. The lowest BCUT2D eigenvalue weighted by Gasteiger charge is -2.26. The van der Waals surface area contributed by atoms with Crippen LogP contribution in [-0.2, 0) is 23.7 Å². The van der Waals surface area contributed by atoms with E-state index < -0.39 is 5.24 Å². The molecule has 434 valence electrons. The van der Waals surface area contributed by atoms with Crippen LogP contribution in [0.2, 0.25) is 0 Å². The Balaban J connectivity index is 0.000000201. The van der Waals surface area contributed by atoms with Gasteiger partial charge in [-0.1, -0.05) is 63.4 Å². The van der Waals surface area contributed by atoms with Crippen molar-refractivity contribution in [2.45, 2.75) is 26.7 Å². The summed E-state index contributed by atoms with van der Waals surface area (Å²) in [6, 6.07) is 27.1. The molecule has 83 heavy (non-hydrogen) atoms. The minimum atomic E-state index is -0.509. The van der Waals surface area contributed by atoms with Crippen molar-refractivity contribution in [3.63, 3.8) is 0 Å².